The van der Waals surface area contributed by atoms with Crippen molar-refractivity contribution in [3.05, 3.63) is 20.8 Å². The molecule has 72 valence electrons. The van der Waals surface area contributed by atoms with Crippen molar-refractivity contribution in [1.82, 2.24) is 0 Å². The lowest BCUT2D eigenvalue weighted by atomic mass is 10.3. The zero-order valence-electron chi connectivity index (χ0n) is 6.99. The minimum absolute atomic E-state index is 0.343. The van der Waals surface area contributed by atoms with Crippen molar-refractivity contribution in [3.8, 4) is 0 Å². The summed E-state index contributed by atoms with van der Waals surface area (Å²) in [5, 5.41) is 10.5. The quantitative estimate of drug-likeness (QED) is 0.909. The van der Waals surface area contributed by atoms with Crippen LogP contribution in [0.1, 0.15) is 12.5 Å². The topological polar surface area (TPSA) is 46.5 Å². The van der Waals surface area contributed by atoms with E-state index in [0.717, 1.165) is 9.35 Å². The highest BCUT2D eigenvalue weighted by atomic mass is 79.9. The van der Waals surface area contributed by atoms with Gasteiger partial charge in [0.2, 0.25) is 0 Å². The number of carbonyl (C=O) groups is 1. The molecular weight excluding hydrogens is 256 g/mol. The smallest absolute Gasteiger partial charge is 0.332 e. The van der Waals surface area contributed by atoms with E-state index in [1.165, 1.54) is 6.92 Å². The number of ether oxygens (including phenoxy) is 1. The van der Waals surface area contributed by atoms with Gasteiger partial charge in [-0.3, -0.25) is 0 Å². The van der Waals surface area contributed by atoms with Crippen LogP contribution in [0, 0.1) is 0 Å². The van der Waals surface area contributed by atoms with Crippen LogP contribution in [0.25, 0.3) is 0 Å². The Hall–Kier alpha value is -0.390. The van der Waals surface area contributed by atoms with Crippen molar-refractivity contribution < 1.29 is 14.6 Å². The lowest BCUT2D eigenvalue weighted by molar-refractivity contribution is -0.149. The Morgan fingerprint density at radius 1 is 1.85 bits per heavy atom. The predicted molar refractivity (Wildman–Crippen MR) is 53.9 cm³/mol. The first-order valence-electron chi connectivity index (χ1n) is 3.67. The molecule has 1 aromatic heterocycles. The molecule has 1 aromatic rings. The largest absolute Gasteiger partial charge is 0.479 e. The summed E-state index contributed by atoms with van der Waals surface area (Å²) in [6.45, 7) is 1.86. The highest BCUT2D eigenvalue weighted by Gasteiger charge is 2.10. The van der Waals surface area contributed by atoms with Crippen molar-refractivity contribution in [3.63, 3.8) is 0 Å². The molecule has 0 fully saturated rings. The van der Waals surface area contributed by atoms with Gasteiger partial charge in [0, 0.05) is 0 Å². The number of hydrogen-bond donors (Lipinski definition) is 1. The Bertz CT molecular complexity index is 297. The fourth-order valence-corrected chi connectivity index (χ4v) is 1.91. The van der Waals surface area contributed by atoms with Gasteiger partial charge in [0.05, 0.1) is 10.4 Å². The summed E-state index contributed by atoms with van der Waals surface area (Å²) in [6.07, 6.45) is -0.751. The molecule has 0 bridgehead atoms. The Morgan fingerprint density at radius 3 is 3.00 bits per heavy atom. The average molecular weight is 265 g/mol. The zero-order chi connectivity index (χ0) is 9.84. The molecule has 3 nitrogen and oxygen atoms in total. The molecule has 0 saturated heterocycles. The van der Waals surface area contributed by atoms with E-state index in [4.69, 9.17) is 9.84 Å². The van der Waals surface area contributed by atoms with E-state index in [1.807, 2.05) is 11.4 Å². The summed E-state index contributed by atoms with van der Waals surface area (Å²) in [6, 6.07) is 1.92. The standard InChI is InChI=1S/C8H9BrO3S/c1-5(8(10)11)12-3-6-2-7(9)13-4-6/h2,4-5H,3H2,1H3,(H,10,11)/t5-/m1/s1. The number of rotatable bonds is 4. The van der Waals surface area contributed by atoms with Gasteiger partial charge in [-0.25, -0.2) is 4.79 Å². The van der Waals surface area contributed by atoms with Gasteiger partial charge in [-0.05, 0) is 39.9 Å². The molecule has 5 heteroatoms. The molecule has 1 N–H and O–H groups in total. The molecule has 0 amide bonds. The number of thiophene rings is 1. The Kier molecular flexibility index (Phi) is 3.90. The minimum atomic E-state index is -0.936. The summed E-state index contributed by atoms with van der Waals surface area (Å²) in [4.78, 5) is 10.4. The highest BCUT2D eigenvalue weighted by molar-refractivity contribution is 9.11. The van der Waals surface area contributed by atoms with Crippen LogP contribution >= 0.6 is 27.3 Å². The van der Waals surface area contributed by atoms with Gasteiger partial charge in [-0.15, -0.1) is 11.3 Å². The maximum atomic E-state index is 10.4. The molecule has 0 spiro atoms. The Morgan fingerprint density at radius 2 is 2.54 bits per heavy atom. The summed E-state index contributed by atoms with van der Waals surface area (Å²) >= 11 is 4.87. The molecule has 0 aliphatic heterocycles. The molecule has 1 rings (SSSR count). The fraction of sp³-hybridized carbons (Fsp3) is 0.375. The zero-order valence-corrected chi connectivity index (χ0v) is 9.39. The summed E-state index contributed by atoms with van der Waals surface area (Å²) in [7, 11) is 0. The van der Waals surface area contributed by atoms with E-state index >= 15 is 0 Å². The second-order valence-electron chi connectivity index (χ2n) is 2.55. The first-order valence-corrected chi connectivity index (χ1v) is 5.34. The maximum absolute atomic E-state index is 10.4. The predicted octanol–water partition coefficient (Wildman–Crippen LogP) is 2.50. The Labute approximate surface area is 88.5 Å². The van der Waals surface area contributed by atoms with Crippen molar-refractivity contribution in [2.45, 2.75) is 19.6 Å². The average Bonchev–Trinajstić information content (AvgIpc) is 2.47. The van der Waals surface area contributed by atoms with Gasteiger partial charge < -0.3 is 9.84 Å². The van der Waals surface area contributed by atoms with Crippen LogP contribution in [0.4, 0.5) is 0 Å². The number of carboxylic acids is 1. The molecular formula is C8H9BrO3S. The van der Waals surface area contributed by atoms with Crippen LogP contribution in [-0.4, -0.2) is 17.2 Å². The van der Waals surface area contributed by atoms with E-state index in [-0.39, 0.29) is 0 Å². The second kappa shape index (κ2) is 4.74. The van der Waals surface area contributed by atoms with Crippen LogP contribution in [-0.2, 0) is 16.1 Å². The fourth-order valence-electron chi connectivity index (χ4n) is 0.714. The third-order valence-electron chi connectivity index (χ3n) is 1.47. The summed E-state index contributed by atoms with van der Waals surface area (Å²) in [5.74, 6) is -0.936. The first kappa shape index (κ1) is 10.7. The van der Waals surface area contributed by atoms with Gasteiger partial charge in [0.25, 0.3) is 0 Å². The highest BCUT2D eigenvalue weighted by Crippen LogP contribution is 2.21. The van der Waals surface area contributed by atoms with Crippen LogP contribution in [0.5, 0.6) is 0 Å². The normalized spacial score (nSPS) is 12.8. The number of carboxylic acid groups (broad SMARTS) is 1. The molecule has 0 aromatic carbocycles. The van der Waals surface area contributed by atoms with Gasteiger partial charge in [0.1, 0.15) is 0 Å². The monoisotopic (exact) mass is 264 g/mol. The van der Waals surface area contributed by atoms with Crippen LogP contribution in [0.15, 0.2) is 15.2 Å². The third-order valence-corrected chi connectivity index (χ3v) is 3.02. The lowest BCUT2D eigenvalue weighted by Crippen LogP contribution is -2.19. The van der Waals surface area contributed by atoms with Crippen molar-refractivity contribution in [2.75, 3.05) is 0 Å². The summed E-state index contributed by atoms with van der Waals surface area (Å²) < 4.78 is 6.11. The van der Waals surface area contributed by atoms with E-state index in [2.05, 4.69) is 15.9 Å². The van der Waals surface area contributed by atoms with Crippen molar-refractivity contribution >= 4 is 33.2 Å². The molecule has 0 radical (unpaired) electrons. The van der Waals surface area contributed by atoms with Gasteiger partial charge in [-0.1, -0.05) is 0 Å². The Balaban J connectivity index is 2.39. The van der Waals surface area contributed by atoms with Gasteiger partial charge in [0.15, 0.2) is 6.10 Å². The van der Waals surface area contributed by atoms with E-state index in [0.29, 0.717) is 6.61 Å². The second-order valence-corrected chi connectivity index (χ2v) is 4.84. The third kappa shape index (κ3) is 3.46. The molecule has 0 unspecified atom stereocenters. The molecule has 1 heterocycles. The summed E-state index contributed by atoms with van der Waals surface area (Å²) in [5.41, 5.74) is 0.991. The van der Waals surface area contributed by atoms with Crippen LogP contribution < -0.4 is 0 Å². The lowest BCUT2D eigenvalue weighted by Gasteiger charge is -2.06. The van der Waals surface area contributed by atoms with E-state index in [1.54, 1.807) is 11.3 Å². The minimum Gasteiger partial charge on any atom is -0.479 e. The molecule has 0 aliphatic rings. The SMILES string of the molecule is C[C@@H](OCc1csc(Br)c1)C(=O)O. The molecule has 1 atom stereocenters. The van der Waals surface area contributed by atoms with E-state index < -0.39 is 12.1 Å². The number of hydrogen-bond acceptors (Lipinski definition) is 3. The van der Waals surface area contributed by atoms with Crippen LogP contribution in [0.3, 0.4) is 0 Å². The maximum Gasteiger partial charge on any atom is 0.332 e. The number of aliphatic carboxylic acids is 1. The van der Waals surface area contributed by atoms with Gasteiger partial charge >= 0.3 is 5.97 Å². The van der Waals surface area contributed by atoms with Crippen molar-refractivity contribution in [2.24, 2.45) is 0 Å². The molecule has 13 heavy (non-hydrogen) atoms. The molecule has 0 aliphatic carbocycles. The van der Waals surface area contributed by atoms with Crippen LogP contribution in [0.2, 0.25) is 0 Å². The van der Waals surface area contributed by atoms with Crippen molar-refractivity contribution in [1.29, 1.82) is 0 Å². The van der Waals surface area contributed by atoms with Gasteiger partial charge in [-0.2, -0.15) is 0 Å². The van der Waals surface area contributed by atoms with E-state index in [9.17, 15) is 4.79 Å². The number of halogens is 1. The molecule has 0 saturated carbocycles. The first-order chi connectivity index (χ1) is 6.09.